The Balaban J connectivity index is 1.66. The lowest BCUT2D eigenvalue weighted by Crippen LogP contribution is -2.42. The van der Waals surface area contributed by atoms with Gasteiger partial charge in [-0.1, -0.05) is 0 Å². The molecule has 6 nitrogen and oxygen atoms in total. The van der Waals surface area contributed by atoms with Crippen LogP contribution in [-0.2, 0) is 4.74 Å². The maximum Gasteiger partial charge on any atom is 0.187 e. The number of benzene rings is 1. The first-order valence-corrected chi connectivity index (χ1v) is 8.99. The summed E-state index contributed by atoms with van der Waals surface area (Å²) in [4.78, 5) is 2.35. The number of nitrogens with zero attached hydrogens (tertiary/aromatic N) is 2. The highest BCUT2D eigenvalue weighted by Crippen LogP contribution is 2.17. The van der Waals surface area contributed by atoms with Crippen molar-refractivity contribution in [2.24, 2.45) is 5.10 Å². The van der Waals surface area contributed by atoms with Gasteiger partial charge >= 0.3 is 0 Å². The molecule has 25 heavy (non-hydrogen) atoms. The zero-order chi connectivity index (χ0) is 18.1. The summed E-state index contributed by atoms with van der Waals surface area (Å²) in [5.74, 6) is 0.845. The smallest absolute Gasteiger partial charge is 0.187 e. The molecule has 1 aromatic carbocycles. The molecule has 0 unspecified atom stereocenters. The van der Waals surface area contributed by atoms with E-state index in [2.05, 4.69) is 20.7 Å². The molecule has 1 aromatic rings. The Morgan fingerprint density at radius 3 is 2.60 bits per heavy atom. The molecular weight excluding hydrogens is 336 g/mol. The van der Waals surface area contributed by atoms with Gasteiger partial charge in [-0.05, 0) is 62.8 Å². The number of rotatable bonds is 6. The van der Waals surface area contributed by atoms with Crippen LogP contribution in [0.5, 0.6) is 5.75 Å². The first kappa shape index (κ1) is 19.6. The summed E-state index contributed by atoms with van der Waals surface area (Å²) in [6.45, 7) is 11.4. The van der Waals surface area contributed by atoms with Crippen molar-refractivity contribution >= 4 is 23.5 Å². The minimum absolute atomic E-state index is 0.198. The highest BCUT2D eigenvalue weighted by molar-refractivity contribution is 7.80. The Labute approximate surface area is 155 Å². The van der Waals surface area contributed by atoms with E-state index in [9.17, 15) is 0 Å². The van der Waals surface area contributed by atoms with Crippen molar-refractivity contribution in [1.82, 2.24) is 15.6 Å². The Hall–Kier alpha value is -1.70. The summed E-state index contributed by atoms with van der Waals surface area (Å²) in [7, 11) is 0. The number of hydrogen-bond acceptors (Lipinski definition) is 5. The van der Waals surface area contributed by atoms with Gasteiger partial charge in [0.05, 0.1) is 19.4 Å². The predicted octanol–water partition coefficient (Wildman–Crippen LogP) is 1.99. The van der Waals surface area contributed by atoms with Crippen molar-refractivity contribution in [3.63, 3.8) is 0 Å². The molecule has 138 valence electrons. The van der Waals surface area contributed by atoms with Gasteiger partial charge in [-0.15, -0.1) is 0 Å². The van der Waals surface area contributed by atoms with E-state index in [-0.39, 0.29) is 5.60 Å². The van der Waals surface area contributed by atoms with Gasteiger partial charge in [0, 0.05) is 26.2 Å². The molecule has 0 amide bonds. The molecule has 0 atom stereocenters. The van der Waals surface area contributed by atoms with Crippen LogP contribution in [0.25, 0.3) is 0 Å². The number of nitrogens with one attached hydrogen (secondary N) is 2. The standard InChI is InChI=1S/C18H28N4O2S/c1-18(2,3)24-16-6-4-15(5-7-16)14-20-21-17(25)19-8-9-22-10-12-23-13-11-22/h4-7,14H,8-13H2,1-3H3,(H2,19,21,25)/b20-14+. The Morgan fingerprint density at radius 2 is 1.96 bits per heavy atom. The van der Waals surface area contributed by atoms with E-state index in [1.165, 1.54) is 0 Å². The highest BCUT2D eigenvalue weighted by atomic mass is 32.1. The van der Waals surface area contributed by atoms with E-state index in [4.69, 9.17) is 21.7 Å². The Kier molecular flexibility index (Phi) is 7.61. The molecule has 7 heteroatoms. The van der Waals surface area contributed by atoms with Crippen LogP contribution in [0.1, 0.15) is 26.3 Å². The second kappa shape index (κ2) is 9.70. The monoisotopic (exact) mass is 364 g/mol. The lowest BCUT2D eigenvalue weighted by atomic mass is 10.2. The number of hydrogen-bond donors (Lipinski definition) is 2. The van der Waals surface area contributed by atoms with Crippen LogP contribution in [0, 0.1) is 0 Å². The van der Waals surface area contributed by atoms with Crippen LogP contribution in [0.15, 0.2) is 29.4 Å². The summed E-state index contributed by atoms with van der Waals surface area (Å²) >= 11 is 5.22. The lowest BCUT2D eigenvalue weighted by molar-refractivity contribution is 0.0389. The van der Waals surface area contributed by atoms with Gasteiger partial charge in [0.2, 0.25) is 0 Å². The quantitative estimate of drug-likeness (QED) is 0.457. The average molecular weight is 365 g/mol. The van der Waals surface area contributed by atoms with Crippen LogP contribution in [0.4, 0.5) is 0 Å². The predicted molar refractivity (Wildman–Crippen MR) is 105 cm³/mol. The van der Waals surface area contributed by atoms with Gasteiger partial charge in [-0.25, -0.2) is 0 Å². The van der Waals surface area contributed by atoms with Gasteiger partial charge in [0.1, 0.15) is 11.4 Å². The van der Waals surface area contributed by atoms with Crippen molar-refractivity contribution in [3.8, 4) is 5.75 Å². The molecule has 0 aliphatic carbocycles. The summed E-state index contributed by atoms with van der Waals surface area (Å²) in [5.41, 5.74) is 3.62. The van der Waals surface area contributed by atoms with Crippen molar-refractivity contribution in [2.45, 2.75) is 26.4 Å². The topological polar surface area (TPSA) is 58.1 Å². The van der Waals surface area contributed by atoms with Crippen molar-refractivity contribution in [1.29, 1.82) is 0 Å². The maximum atomic E-state index is 5.79. The molecule has 0 saturated carbocycles. The largest absolute Gasteiger partial charge is 0.488 e. The molecule has 1 aliphatic rings. The summed E-state index contributed by atoms with van der Waals surface area (Å²) < 4.78 is 11.1. The fraction of sp³-hybridized carbons (Fsp3) is 0.556. The van der Waals surface area contributed by atoms with E-state index in [1.807, 2.05) is 45.0 Å². The molecule has 2 rings (SSSR count). The van der Waals surface area contributed by atoms with Crippen LogP contribution >= 0.6 is 12.2 Å². The summed E-state index contributed by atoms with van der Waals surface area (Å²) in [6, 6.07) is 7.79. The SMILES string of the molecule is CC(C)(C)Oc1ccc(/C=N/NC(=S)NCCN2CCOCC2)cc1. The van der Waals surface area contributed by atoms with E-state index in [0.717, 1.165) is 50.7 Å². The first-order valence-electron chi connectivity index (χ1n) is 8.58. The lowest BCUT2D eigenvalue weighted by Gasteiger charge is -2.26. The van der Waals surface area contributed by atoms with Gasteiger partial charge in [0.15, 0.2) is 5.11 Å². The third-order valence-corrected chi connectivity index (χ3v) is 3.74. The van der Waals surface area contributed by atoms with Crippen LogP contribution < -0.4 is 15.5 Å². The van der Waals surface area contributed by atoms with E-state index < -0.39 is 0 Å². The van der Waals surface area contributed by atoms with E-state index in [1.54, 1.807) is 6.21 Å². The van der Waals surface area contributed by atoms with Gasteiger partial charge in [-0.3, -0.25) is 10.3 Å². The number of hydrazone groups is 1. The minimum Gasteiger partial charge on any atom is -0.488 e. The highest BCUT2D eigenvalue weighted by Gasteiger charge is 2.11. The fourth-order valence-corrected chi connectivity index (χ4v) is 2.49. The normalized spacial score (nSPS) is 16.0. The number of morpholine rings is 1. The number of thiocarbonyl (C=S) groups is 1. The van der Waals surface area contributed by atoms with Gasteiger partial charge in [-0.2, -0.15) is 5.10 Å². The maximum absolute atomic E-state index is 5.79. The molecule has 0 radical (unpaired) electrons. The Morgan fingerprint density at radius 1 is 1.28 bits per heavy atom. The molecule has 0 aromatic heterocycles. The van der Waals surface area contributed by atoms with Crippen molar-refractivity contribution in [3.05, 3.63) is 29.8 Å². The third kappa shape index (κ3) is 8.29. The van der Waals surface area contributed by atoms with Gasteiger partial charge < -0.3 is 14.8 Å². The molecular formula is C18H28N4O2S. The molecule has 0 bridgehead atoms. The zero-order valence-electron chi connectivity index (χ0n) is 15.2. The first-order chi connectivity index (χ1) is 11.9. The molecule has 1 fully saturated rings. The zero-order valence-corrected chi connectivity index (χ0v) is 16.1. The molecule has 0 spiro atoms. The average Bonchev–Trinajstić information content (AvgIpc) is 2.56. The van der Waals surface area contributed by atoms with Gasteiger partial charge in [0.25, 0.3) is 0 Å². The van der Waals surface area contributed by atoms with Crippen molar-refractivity contribution in [2.75, 3.05) is 39.4 Å². The van der Waals surface area contributed by atoms with E-state index >= 15 is 0 Å². The molecule has 2 N–H and O–H groups in total. The Bertz CT molecular complexity index is 563. The summed E-state index contributed by atoms with van der Waals surface area (Å²) in [6.07, 6.45) is 1.73. The van der Waals surface area contributed by atoms with Crippen molar-refractivity contribution < 1.29 is 9.47 Å². The summed E-state index contributed by atoms with van der Waals surface area (Å²) in [5, 5.41) is 7.84. The van der Waals surface area contributed by atoms with Crippen LogP contribution in [0.2, 0.25) is 0 Å². The fourth-order valence-electron chi connectivity index (χ4n) is 2.33. The van der Waals surface area contributed by atoms with Crippen LogP contribution in [-0.4, -0.2) is 61.2 Å². The third-order valence-electron chi connectivity index (χ3n) is 3.50. The molecule has 1 heterocycles. The van der Waals surface area contributed by atoms with E-state index in [0.29, 0.717) is 5.11 Å². The molecule has 1 saturated heterocycles. The molecule has 1 aliphatic heterocycles. The minimum atomic E-state index is -0.198. The number of ether oxygens (including phenoxy) is 2. The second-order valence-corrected chi connectivity index (χ2v) is 7.27. The second-order valence-electron chi connectivity index (χ2n) is 6.86. The van der Waals surface area contributed by atoms with Crippen LogP contribution in [0.3, 0.4) is 0 Å².